The lowest BCUT2D eigenvalue weighted by atomic mass is 10.1. The average Bonchev–Trinajstić information content (AvgIpc) is 3.16. The van der Waals surface area contributed by atoms with Crippen molar-refractivity contribution in [1.82, 2.24) is 20.3 Å². The molecule has 1 fully saturated rings. The first-order chi connectivity index (χ1) is 10.8. The highest BCUT2D eigenvalue weighted by Gasteiger charge is 2.34. The Morgan fingerprint density at radius 3 is 2.78 bits per heavy atom. The van der Waals surface area contributed by atoms with Crippen molar-refractivity contribution in [3.63, 3.8) is 0 Å². The van der Waals surface area contributed by atoms with E-state index in [1.54, 1.807) is 18.7 Å². The fraction of sp³-hybridized carbons (Fsp3) is 0.500. The van der Waals surface area contributed by atoms with E-state index in [-0.39, 0.29) is 16.7 Å². The molecule has 0 aliphatic carbocycles. The number of hydrogen-bond acceptors (Lipinski definition) is 6. The minimum atomic E-state index is -3.34. The van der Waals surface area contributed by atoms with Gasteiger partial charge in [0.1, 0.15) is 16.2 Å². The maximum absolute atomic E-state index is 12.6. The Kier molecular flexibility index (Phi) is 3.75. The summed E-state index contributed by atoms with van der Waals surface area (Å²) in [5, 5.41) is 10.4. The fourth-order valence-corrected chi connectivity index (χ4v) is 3.86. The van der Waals surface area contributed by atoms with Crippen LogP contribution in [-0.2, 0) is 9.84 Å². The first-order valence-corrected chi connectivity index (χ1v) is 9.13. The van der Waals surface area contributed by atoms with E-state index in [1.807, 2.05) is 0 Å². The van der Waals surface area contributed by atoms with Crippen LogP contribution in [-0.4, -0.2) is 53.9 Å². The number of nitrogens with zero attached hydrogens (tertiary/aromatic N) is 3. The second-order valence-corrected chi connectivity index (χ2v) is 7.84. The van der Waals surface area contributed by atoms with Crippen molar-refractivity contribution >= 4 is 15.7 Å². The Labute approximate surface area is 133 Å². The van der Waals surface area contributed by atoms with Gasteiger partial charge in [0.2, 0.25) is 0 Å². The molecule has 8 nitrogen and oxygen atoms in total. The number of rotatable bonds is 3. The number of amides is 1. The van der Waals surface area contributed by atoms with E-state index in [0.29, 0.717) is 42.2 Å². The Balaban J connectivity index is 1.82. The van der Waals surface area contributed by atoms with E-state index in [9.17, 15) is 13.2 Å². The van der Waals surface area contributed by atoms with Crippen molar-refractivity contribution in [2.24, 2.45) is 0 Å². The van der Waals surface area contributed by atoms with Crippen LogP contribution in [0.3, 0.4) is 0 Å². The summed E-state index contributed by atoms with van der Waals surface area (Å²) in [6.45, 7) is 4.43. The molecule has 0 aromatic carbocycles. The van der Waals surface area contributed by atoms with Crippen molar-refractivity contribution in [1.29, 1.82) is 0 Å². The topological polar surface area (TPSA) is 109 Å². The average molecular weight is 338 g/mol. The van der Waals surface area contributed by atoms with Crippen LogP contribution in [0.4, 0.5) is 0 Å². The highest BCUT2D eigenvalue weighted by molar-refractivity contribution is 7.90. The molecule has 2 aromatic heterocycles. The van der Waals surface area contributed by atoms with E-state index < -0.39 is 9.84 Å². The van der Waals surface area contributed by atoms with Gasteiger partial charge in [-0.3, -0.25) is 9.89 Å². The van der Waals surface area contributed by atoms with Gasteiger partial charge in [0.15, 0.2) is 9.84 Å². The van der Waals surface area contributed by atoms with Crippen molar-refractivity contribution in [2.45, 2.75) is 31.1 Å². The monoisotopic (exact) mass is 338 g/mol. The molecule has 1 aliphatic heterocycles. The van der Waals surface area contributed by atoms with Gasteiger partial charge in [-0.1, -0.05) is 5.16 Å². The van der Waals surface area contributed by atoms with E-state index in [1.165, 1.54) is 6.20 Å². The number of carbonyl (C=O) groups excluding carboxylic acids is 1. The molecule has 0 saturated carbocycles. The first kappa shape index (κ1) is 15.7. The molecule has 1 saturated heterocycles. The zero-order chi connectivity index (χ0) is 16.8. The summed E-state index contributed by atoms with van der Waals surface area (Å²) in [5.74, 6) is 0.283. The largest absolute Gasteiger partial charge is 0.361 e. The smallest absolute Gasteiger partial charge is 0.259 e. The maximum atomic E-state index is 12.6. The highest BCUT2D eigenvalue weighted by Crippen LogP contribution is 2.31. The van der Waals surface area contributed by atoms with E-state index in [0.717, 1.165) is 6.26 Å². The molecule has 1 N–H and O–H groups in total. The van der Waals surface area contributed by atoms with Crippen molar-refractivity contribution < 1.29 is 17.7 Å². The molecule has 124 valence electrons. The van der Waals surface area contributed by atoms with Crippen molar-refractivity contribution in [3.05, 3.63) is 28.9 Å². The number of aromatic nitrogens is 3. The molecule has 3 heterocycles. The second kappa shape index (κ2) is 5.48. The predicted molar refractivity (Wildman–Crippen MR) is 80.9 cm³/mol. The number of aromatic amines is 1. The maximum Gasteiger partial charge on any atom is 0.259 e. The van der Waals surface area contributed by atoms with Gasteiger partial charge in [0.05, 0.1) is 17.6 Å². The number of likely N-dealkylation sites (tertiary alicyclic amines) is 1. The van der Waals surface area contributed by atoms with Crippen LogP contribution >= 0.6 is 0 Å². The number of sulfone groups is 1. The van der Waals surface area contributed by atoms with Gasteiger partial charge in [-0.25, -0.2) is 8.42 Å². The number of aryl methyl sites for hydroxylation is 2. The van der Waals surface area contributed by atoms with Gasteiger partial charge >= 0.3 is 0 Å². The highest BCUT2D eigenvalue weighted by atomic mass is 32.2. The summed E-state index contributed by atoms with van der Waals surface area (Å²) in [4.78, 5) is 14.5. The number of hydrogen-bond donors (Lipinski definition) is 1. The van der Waals surface area contributed by atoms with Crippen molar-refractivity contribution in [3.8, 4) is 0 Å². The molecule has 23 heavy (non-hydrogen) atoms. The van der Waals surface area contributed by atoms with E-state index >= 15 is 0 Å². The molecule has 9 heteroatoms. The third-order valence-electron chi connectivity index (χ3n) is 4.16. The Bertz CT molecular complexity index is 833. The number of carbonyl (C=O) groups is 1. The molecular formula is C14H18N4O4S. The Morgan fingerprint density at radius 2 is 2.17 bits per heavy atom. The molecule has 0 unspecified atom stereocenters. The summed E-state index contributed by atoms with van der Waals surface area (Å²) in [5.41, 5.74) is 1.62. The summed E-state index contributed by atoms with van der Waals surface area (Å²) in [6.07, 6.45) is 3.16. The SMILES string of the molecule is Cc1noc(C)c1C(=O)N1CC[C@H](c2[nH]ncc2S(C)(=O)=O)C1. The van der Waals surface area contributed by atoms with Crippen LogP contribution in [0, 0.1) is 13.8 Å². The molecule has 1 atom stereocenters. The van der Waals surface area contributed by atoms with E-state index in [2.05, 4.69) is 15.4 Å². The van der Waals surface area contributed by atoms with Gasteiger partial charge in [-0.15, -0.1) is 0 Å². The van der Waals surface area contributed by atoms with Crippen LogP contribution in [0.25, 0.3) is 0 Å². The molecular weight excluding hydrogens is 320 g/mol. The Morgan fingerprint density at radius 1 is 1.43 bits per heavy atom. The molecule has 0 radical (unpaired) electrons. The van der Waals surface area contributed by atoms with Crippen LogP contribution in [0.1, 0.15) is 39.8 Å². The number of H-pyrrole nitrogens is 1. The molecule has 1 amide bonds. The van der Waals surface area contributed by atoms with Crippen LogP contribution in [0.2, 0.25) is 0 Å². The molecule has 1 aliphatic rings. The first-order valence-electron chi connectivity index (χ1n) is 7.24. The molecule has 2 aromatic rings. The lowest BCUT2D eigenvalue weighted by molar-refractivity contribution is 0.0788. The third-order valence-corrected chi connectivity index (χ3v) is 5.29. The quantitative estimate of drug-likeness (QED) is 0.896. The minimum Gasteiger partial charge on any atom is -0.361 e. The van der Waals surface area contributed by atoms with Crippen LogP contribution < -0.4 is 0 Å². The lowest BCUT2D eigenvalue weighted by Crippen LogP contribution is -2.29. The van der Waals surface area contributed by atoms with Gasteiger partial charge in [0, 0.05) is 25.3 Å². The summed E-state index contributed by atoms with van der Waals surface area (Å²) in [6, 6.07) is 0. The standard InChI is InChI=1S/C14H18N4O4S/c1-8-12(9(2)22-17-8)14(19)18-5-4-10(7-18)13-11(6-15-16-13)23(3,20)21/h6,10H,4-5,7H2,1-3H3,(H,15,16)/t10-/m0/s1. The second-order valence-electron chi connectivity index (χ2n) is 5.86. The van der Waals surface area contributed by atoms with Crippen LogP contribution in [0.5, 0.6) is 0 Å². The summed E-state index contributed by atoms with van der Waals surface area (Å²) < 4.78 is 28.6. The van der Waals surface area contributed by atoms with E-state index in [4.69, 9.17) is 4.52 Å². The predicted octanol–water partition coefficient (Wildman–Crippen LogP) is 1.05. The van der Waals surface area contributed by atoms with Gasteiger partial charge < -0.3 is 9.42 Å². The zero-order valence-corrected chi connectivity index (χ0v) is 14.0. The van der Waals surface area contributed by atoms with Gasteiger partial charge in [-0.2, -0.15) is 5.10 Å². The third kappa shape index (κ3) is 2.76. The fourth-order valence-electron chi connectivity index (χ4n) is 3.00. The Hall–Kier alpha value is -2.16. The zero-order valence-electron chi connectivity index (χ0n) is 13.2. The van der Waals surface area contributed by atoms with Crippen LogP contribution in [0.15, 0.2) is 15.6 Å². The summed E-state index contributed by atoms with van der Waals surface area (Å²) >= 11 is 0. The van der Waals surface area contributed by atoms with Gasteiger partial charge in [-0.05, 0) is 20.3 Å². The van der Waals surface area contributed by atoms with Crippen molar-refractivity contribution in [2.75, 3.05) is 19.3 Å². The lowest BCUT2D eigenvalue weighted by Gasteiger charge is -2.16. The molecule has 3 rings (SSSR count). The minimum absolute atomic E-state index is 0.0772. The molecule has 0 bridgehead atoms. The summed E-state index contributed by atoms with van der Waals surface area (Å²) in [7, 11) is -3.34. The normalized spacial score (nSPS) is 18.6. The number of nitrogens with one attached hydrogen (secondary N) is 1. The van der Waals surface area contributed by atoms with Gasteiger partial charge in [0.25, 0.3) is 5.91 Å². The molecule has 0 spiro atoms.